The van der Waals surface area contributed by atoms with Gasteiger partial charge in [0.2, 0.25) is 0 Å². The van der Waals surface area contributed by atoms with E-state index in [-0.39, 0.29) is 0 Å². The van der Waals surface area contributed by atoms with Gasteiger partial charge in [0.05, 0.1) is 12.2 Å². The first-order valence-electron chi connectivity index (χ1n) is 8.58. The number of carbonyl (C=O) groups excluding carboxylic acids is 3. The second-order valence-corrected chi connectivity index (χ2v) is 7.49. The molecular weight excluding hydrogens is 380 g/mol. The van der Waals surface area contributed by atoms with Crippen molar-refractivity contribution in [2.45, 2.75) is 33.4 Å². The highest BCUT2D eigenvalue weighted by molar-refractivity contribution is 7.20. The highest BCUT2D eigenvalue weighted by Crippen LogP contribution is 2.29. The number of nitrogens with one attached hydrogen (secondary N) is 1. The minimum atomic E-state index is -1.14. The molecule has 0 aliphatic rings. The van der Waals surface area contributed by atoms with Crippen LogP contribution in [0.3, 0.4) is 0 Å². The number of imide groups is 1. The summed E-state index contributed by atoms with van der Waals surface area (Å²) >= 11 is 1.25. The predicted molar refractivity (Wildman–Crippen MR) is 105 cm³/mol. The Morgan fingerprint density at radius 2 is 1.93 bits per heavy atom. The van der Waals surface area contributed by atoms with Gasteiger partial charge in [-0.1, -0.05) is 29.8 Å². The molecule has 0 bridgehead atoms. The van der Waals surface area contributed by atoms with Crippen LogP contribution in [-0.2, 0) is 16.1 Å². The molecule has 0 aliphatic heterocycles. The van der Waals surface area contributed by atoms with Crippen LogP contribution in [0.2, 0.25) is 0 Å². The standard InChI is InChI=1S/C19H20N4O4S/c1-10-4-6-13(7-5-10)9-23-17-14(11(2)22-23)8-15(28-17)18(25)27-12(3)16(24)21-19(20)26/h4-8,12H,9H2,1-3H3,(H3,20,21,24,26). The number of primary amides is 1. The number of amides is 3. The summed E-state index contributed by atoms with van der Waals surface area (Å²) in [5, 5.41) is 7.29. The molecule has 146 valence electrons. The Kier molecular flexibility index (Phi) is 5.46. The Hall–Kier alpha value is -3.20. The molecule has 28 heavy (non-hydrogen) atoms. The molecule has 3 N–H and O–H groups in total. The van der Waals surface area contributed by atoms with Crippen molar-refractivity contribution in [2.24, 2.45) is 5.73 Å². The van der Waals surface area contributed by atoms with Crippen LogP contribution in [0.4, 0.5) is 4.79 Å². The Morgan fingerprint density at radius 3 is 2.57 bits per heavy atom. The maximum absolute atomic E-state index is 12.4. The number of aromatic nitrogens is 2. The molecular formula is C19H20N4O4S. The fourth-order valence-electron chi connectivity index (χ4n) is 2.68. The van der Waals surface area contributed by atoms with Crippen molar-refractivity contribution in [1.29, 1.82) is 0 Å². The predicted octanol–water partition coefficient (Wildman–Crippen LogP) is 2.50. The lowest BCUT2D eigenvalue weighted by atomic mass is 10.1. The van der Waals surface area contributed by atoms with E-state index < -0.39 is 24.0 Å². The maximum Gasteiger partial charge on any atom is 0.349 e. The van der Waals surface area contributed by atoms with Crippen LogP contribution in [0, 0.1) is 13.8 Å². The maximum atomic E-state index is 12.4. The molecule has 3 aromatic rings. The summed E-state index contributed by atoms with van der Waals surface area (Å²) in [7, 11) is 0. The zero-order chi connectivity index (χ0) is 20.4. The van der Waals surface area contributed by atoms with Gasteiger partial charge in [0.15, 0.2) is 6.10 Å². The van der Waals surface area contributed by atoms with Gasteiger partial charge in [0.25, 0.3) is 5.91 Å². The van der Waals surface area contributed by atoms with Crippen molar-refractivity contribution < 1.29 is 19.1 Å². The van der Waals surface area contributed by atoms with Gasteiger partial charge in [0, 0.05) is 5.39 Å². The second-order valence-electron chi connectivity index (χ2n) is 6.46. The number of nitrogens with two attached hydrogens (primary N) is 1. The van der Waals surface area contributed by atoms with Crippen molar-refractivity contribution >= 4 is 39.5 Å². The fourth-order valence-corrected chi connectivity index (χ4v) is 3.73. The van der Waals surface area contributed by atoms with E-state index in [2.05, 4.69) is 5.10 Å². The molecule has 0 fully saturated rings. The number of hydrogen-bond donors (Lipinski definition) is 2. The number of ether oxygens (including phenoxy) is 1. The molecule has 1 atom stereocenters. The number of rotatable bonds is 5. The molecule has 0 spiro atoms. The Balaban J connectivity index is 1.80. The SMILES string of the molecule is Cc1ccc(Cn2nc(C)c3cc(C(=O)OC(C)C(=O)NC(N)=O)sc32)cc1. The lowest BCUT2D eigenvalue weighted by Crippen LogP contribution is -2.42. The molecule has 0 saturated heterocycles. The fraction of sp³-hybridized carbons (Fsp3) is 0.263. The number of benzene rings is 1. The van der Waals surface area contributed by atoms with E-state index in [1.54, 1.807) is 6.07 Å². The van der Waals surface area contributed by atoms with E-state index >= 15 is 0 Å². The summed E-state index contributed by atoms with van der Waals surface area (Å²) in [5.74, 6) is -1.42. The summed E-state index contributed by atoms with van der Waals surface area (Å²) in [5.41, 5.74) is 7.98. The average Bonchev–Trinajstić information content (AvgIpc) is 3.18. The molecule has 2 aromatic heterocycles. The normalized spacial score (nSPS) is 12.0. The van der Waals surface area contributed by atoms with Gasteiger partial charge in [-0.25, -0.2) is 9.59 Å². The summed E-state index contributed by atoms with van der Waals surface area (Å²) in [6.07, 6.45) is -1.14. The monoisotopic (exact) mass is 400 g/mol. The van der Waals surface area contributed by atoms with E-state index in [0.717, 1.165) is 21.5 Å². The van der Waals surface area contributed by atoms with Crippen LogP contribution in [0.5, 0.6) is 0 Å². The van der Waals surface area contributed by atoms with Crippen LogP contribution in [0.1, 0.15) is 33.4 Å². The van der Waals surface area contributed by atoms with Gasteiger partial charge in [-0.3, -0.25) is 14.8 Å². The summed E-state index contributed by atoms with van der Waals surface area (Å²) in [6, 6.07) is 8.87. The largest absolute Gasteiger partial charge is 0.448 e. The zero-order valence-corrected chi connectivity index (χ0v) is 16.5. The van der Waals surface area contributed by atoms with E-state index in [1.165, 1.54) is 23.8 Å². The zero-order valence-electron chi connectivity index (χ0n) is 15.7. The molecule has 0 saturated carbocycles. The highest BCUT2D eigenvalue weighted by Gasteiger charge is 2.23. The first kappa shape index (κ1) is 19.6. The van der Waals surface area contributed by atoms with Crippen LogP contribution < -0.4 is 11.1 Å². The lowest BCUT2D eigenvalue weighted by molar-refractivity contribution is -0.127. The van der Waals surface area contributed by atoms with Crippen LogP contribution in [0.15, 0.2) is 30.3 Å². The summed E-state index contributed by atoms with van der Waals surface area (Å²) in [6.45, 7) is 5.85. The molecule has 0 aliphatic carbocycles. The minimum Gasteiger partial charge on any atom is -0.448 e. The Morgan fingerprint density at radius 1 is 1.25 bits per heavy atom. The molecule has 9 heteroatoms. The van der Waals surface area contributed by atoms with Crippen LogP contribution in [0.25, 0.3) is 10.2 Å². The van der Waals surface area contributed by atoms with Crippen molar-refractivity contribution in [3.8, 4) is 0 Å². The smallest absolute Gasteiger partial charge is 0.349 e. The van der Waals surface area contributed by atoms with Gasteiger partial charge < -0.3 is 10.5 Å². The van der Waals surface area contributed by atoms with E-state index in [9.17, 15) is 14.4 Å². The molecule has 1 aromatic carbocycles. The molecule has 1 unspecified atom stereocenters. The molecule has 8 nitrogen and oxygen atoms in total. The number of fused-ring (bicyclic) bond motifs is 1. The van der Waals surface area contributed by atoms with Gasteiger partial charge >= 0.3 is 12.0 Å². The van der Waals surface area contributed by atoms with Crippen LogP contribution >= 0.6 is 11.3 Å². The lowest BCUT2D eigenvalue weighted by Gasteiger charge is -2.10. The van der Waals surface area contributed by atoms with Gasteiger partial charge in [-0.2, -0.15) is 5.10 Å². The van der Waals surface area contributed by atoms with Crippen molar-refractivity contribution in [3.05, 3.63) is 52.0 Å². The first-order valence-corrected chi connectivity index (χ1v) is 9.40. The Bertz CT molecular complexity index is 1050. The molecule has 2 heterocycles. The number of aryl methyl sites for hydroxylation is 2. The third kappa shape index (κ3) is 4.20. The summed E-state index contributed by atoms with van der Waals surface area (Å²) in [4.78, 5) is 36.0. The number of carbonyl (C=O) groups is 3. The van der Waals surface area contributed by atoms with Crippen LogP contribution in [-0.4, -0.2) is 33.8 Å². The summed E-state index contributed by atoms with van der Waals surface area (Å²) < 4.78 is 6.98. The minimum absolute atomic E-state index is 0.354. The molecule has 3 rings (SSSR count). The van der Waals surface area contributed by atoms with Crippen molar-refractivity contribution in [3.63, 3.8) is 0 Å². The number of hydrogen-bond acceptors (Lipinski definition) is 6. The average molecular weight is 400 g/mol. The number of thiophene rings is 1. The van der Waals surface area contributed by atoms with E-state index in [4.69, 9.17) is 10.5 Å². The topological polar surface area (TPSA) is 116 Å². The number of esters is 1. The van der Waals surface area contributed by atoms with Gasteiger partial charge in [-0.15, -0.1) is 11.3 Å². The van der Waals surface area contributed by atoms with Gasteiger partial charge in [-0.05, 0) is 32.4 Å². The Labute approximate surface area is 165 Å². The first-order chi connectivity index (χ1) is 13.2. The molecule has 0 radical (unpaired) electrons. The third-order valence-corrected chi connectivity index (χ3v) is 5.29. The van der Waals surface area contributed by atoms with E-state index in [0.29, 0.717) is 11.4 Å². The molecule has 3 amide bonds. The number of nitrogens with zero attached hydrogens (tertiary/aromatic N) is 2. The second kappa shape index (κ2) is 7.81. The third-order valence-electron chi connectivity index (χ3n) is 4.16. The quantitative estimate of drug-likeness (QED) is 0.638. The van der Waals surface area contributed by atoms with Crippen molar-refractivity contribution in [1.82, 2.24) is 15.1 Å². The van der Waals surface area contributed by atoms with Gasteiger partial charge in [0.1, 0.15) is 9.71 Å². The van der Waals surface area contributed by atoms with E-state index in [1.807, 2.05) is 48.1 Å². The highest BCUT2D eigenvalue weighted by atomic mass is 32.1. The number of urea groups is 1. The van der Waals surface area contributed by atoms with Crippen molar-refractivity contribution in [2.75, 3.05) is 0 Å².